The highest BCUT2D eigenvalue weighted by Crippen LogP contribution is 2.22. The van der Waals surface area contributed by atoms with Crippen molar-refractivity contribution in [3.8, 4) is 0 Å². The van der Waals surface area contributed by atoms with Crippen molar-refractivity contribution in [3.63, 3.8) is 0 Å². The number of aromatic nitrogens is 2. The van der Waals surface area contributed by atoms with E-state index in [2.05, 4.69) is 62.1 Å². The summed E-state index contributed by atoms with van der Waals surface area (Å²) in [5.74, 6) is 3.29. The van der Waals surface area contributed by atoms with E-state index in [4.69, 9.17) is 0 Å². The second kappa shape index (κ2) is 6.73. The highest BCUT2D eigenvalue weighted by atomic mass is 15.1. The molecule has 0 aromatic carbocycles. The predicted octanol–water partition coefficient (Wildman–Crippen LogP) is 3.66. The van der Waals surface area contributed by atoms with Gasteiger partial charge in [0.15, 0.2) is 0 Å². The van der Waals surface area contributed by atoms with E-state index in [-0.39, 0.29) is 5.41 Å². The molecule has 0 fully saturated rings. The van der Waals surface area contributed by atoms with Gasteiger partial charge in [-0.1, -0.05) is 41.5 Å². The minimum absolute atomic E-state index is 0.0435. The largest absolute Gasteiger partial charge is 0.370 e. The van der Waals surface area contributed by atoms with E-state index >= 15 is 0 Å². The summed E-state index contributed by atoms with van der Waals surface area (Å²) in [5.41, 5.74) is -0.0435. The molecule has 0 amide bonds. The van der Waals surface area contributed by atoms with Gasteiger partial charge in [0.25, 0.3) is 0 Å². The lowest BCUT2D eigenvalue weighted by Gasteiger charge is -2.19. The van der Waals surface area contributed by atoms with Crippen LogP contribution in [0.1, 0.15) is 53.8 Å². The normalized spacial score (nSPS) is 11.7. The molecule has 1 heterocycles. The molecule has 4 nitrogen and oxygen atoms in total. The Morgan fingerprint density at radius 1 is 1.11 bits per heavy atom. The molecule has 108 valence electrons. The van der Waals surface area contributed by atoms with Crippen molar-refractivity contribution < 1.29 is 0 Å². The standard InChI is InChI=1S/C15H28N4/c1-7-8-16-12-9-13(17-10-11(2)3)19-14(18-12)15(4,5)6/h9,11H,7-8,10H2,1-6H3,(H2,16,17,18,19). The Kier molecular flexibility index (Phi) is 5.58. The maximum Gasteiger partial charge on any atom is 0.138 e. The Morgan fingerprint density at radius 3 is 2.16 bits per heavy atom. The van der Waals surface area contributed by atoms with Gasteiger partial charge in [-0.15, -0.1) is 0 Å². The van der Waals surface area contributed by atoms with Crippen molar-refractivity contribution in [3.05, 3.63) is 11.9 Å². The van der Waals surface area contributed by atoms with Crippen LogP contribution in [0.2, 0.25) is 0 Å². The summed E-state index contributed by atoms with van der Waals surface area (Å²) < 4.78 is 0. The van der Waals surface area contributed by atoms with E-state index < -0.39 is 0 Å². The molecule has 0 aliphatic carbocycles. The van der Waals surface area contributed by atoms with E-state index in [9.17, 15) is 0 Å². The topological polar surface area (TPSA) is 49.8 Å². The molecular formula is C15H28N4. The smallest absolute Gasteiger partial charge is 0.138 e. The second-order valence-corrected chi connectivity index (χ2v) is 6.41. The van der Waals surface area contributed by atoms with Crippen LogP contribution in [0.15, 0.2) is 6.07 Å². The van der Waals surface area contributed by atoms with Crippen LogP contribution in [0, 0.1) is 5.92 Å². The van der Waals surface area contributed by atoms with E-state index in [0.717, 1.165) is 37.0 Å². The van der Waals surface area contributed by atoms with Crippen molar-refractivity contribution in [2.75, 3.05) is 23.7 Å². The summed E-state index contributed by atoms with van der Waals surface area (Å²) in [6.07, 6.45) is 1.09. The number of hydrogen-bond acceptors (Lipinski definition) is 4. The second-order valence-electron chi connectivity index (χ2n) is 6.41. The quantitative estimate of drug-likeness (QED) is 0.823. The maximum absolute atomic E-state index is 4.62. The summed E-state index contributed by atoms with van der Waals surface area (Å²) >= 11 is 0. The van der Waals surface area contributed by atoms with E-state index in [0.29, 0.717) is 5.92 Å². The lowest BCUT2D eigenvalue weighted by Crippen LogP contribution is -2.19. The SMILES string of the molecule is CCCNc1cc(NCC(C)C)nc(C(C)(C)C)n1. The molecule has 0 saturated carbocycles. The molecule has 0 bridgehead atoms. The fourth-order valence-electron chi connectivity index (χ4n) is 1.53. The van der Waals surface area contributed by atoms with Crippen molar-refractivity contribution in [2.24, 2.45) is 5.92 Å². The molecular weight excluding hydrogens is 236 g/mol. The van der Waals surface area contributed by atoms with Gasteiger partial charge in [-0.2, -0.15) is 0 Å². The summed E-state index contributed by atoms with van der Waals surface area (Å²) in [6.45, 7) is 14.8. The van der Waals surface area contributed by atoms with Crippen LogP contribution in [0.4, 0.5) is 11.6 Å². The van der Waals surface area contributed by atoms with Gasteiger partial charge in [0.2, 0.25) is 0 Å². The van der Waals surface area contributed by atoms with Crippen LogP contribution in [0.3, 0.4) is 0 Å². The third-order valence-corrected chi connectivity index (χ3v) is 2.64. The van der Waals surface area contributed by atoms with Crippen LogP contribution in [0.5, 0.6) is 0 Å². The fourth-order valence-corrected chi connectivity index (χ4v) is 1.53. The van der Waals surface area contributed by atoms with Gasteiger partial charge in [-0.25, -0.2) is 9.97 Å². The molecule has 4 heteroatoms. The first-order chi connectivity index (χ1) is 8.82. The zero-order chi connectivity index (χ0) is 14.5. The van der Waals surface area contributed by atoms with Crippen LogP contribution < -0.4 is 10.6 Å². The minimum atomic E-state index is -0.0435. The minimum Gasteiger partial charge on any atom is -0.370 e. The predicted molar refractivity (Wildman–Crippen MR) is 82.8 cm³/mol. The van der Waals surface area contributed by atoms with Crippen LogP contribution >= 0.6 is 0 Å². The summed E-state index contributed by atoms with van der Waals surface area (Å²) in [4.78, 5) is 9.23. The highest BCUT2D eigenvalue weighted by Gasteiger charge is 2.19. The summed E-state index contributed by atoms with van der Waals surface area (Å²) in [7, 11) is 0. The molecule has 0 radical (unpaired) electrons. The molecule has 0 spiro atoms. The zero-order valence-electron chi connectivity index (χ0n) is 13.2. The number of rotatable bonds is 6. The first-order valence-corrected chi connectivity index (χ1v) is 7.20. The fraction of sp³-hybridized carbons (Fsp3) is 0.733. The molecule has 0 unspecified atom stereocenters. The molecule has 1 rings (SSSR count). The van der Waals surface area contributed by atoms with Crippen molar-refractivity contribution in [1.82, 2.24) is 9.97 Å². The van der Waals surface area contributed by atoms with Crippen molar-refractivity contribution in [2.45, 2.75) is 53.4 Å². The Balaban J connectivity index is 2.95. The molecule has 2 N–H and O–H groups in total. The average molecular weight is 264 g/mol. The van der Waals surface area contributed by atoms with Crippen LogP contribution in [-0.4, -0.2) is 23.1 Å². The van der Waals surface area contributed by atoms with Gasteiger partial charge < -0.3 is 10.6 Å². The van der Waals surface area contributed by atoms with E-state index in [1.807, 2.05) is 6.07 Å². The van der Waals surface area contributed by atoms with Gasteiger partial charge in [-0.05, 0) is 12.3 Å². The van der Waals surface area contributed by atoms with Gasteiger partial charge in [0, 0.05) is 24.6 Å². The number of nitrogens with one attached hydrogen (secondary N) is 2. The van der Waals surface area contributed by atoms with Gasteiger partial charge in [-0.3, -0.25) is 0 Å². The van der Waals surface area contributed by atoms with E-state index in [1.54, 1.807) is 0 Å². The molecule has 0 saturated heterocycles. The molecule has 0 aliphatic rings. The lowest BCUT2D eigenvalue weighted by atomic mass is 9.96. The molecule has 0 aliphatic heterocycles. The molecule has 1 aromatic heterocycles. The average Bonchev–Trinajstić information content (AvgIpc) is 2.32. The Labute approximate surface area is 117 Å². The Bertz CT molecular complexity index is 394. The molecule has 19 heavy (non-hydrogen) atoms. The number of nitrogens with zero attached hydrogens (tertiary/aromatic N) is 2. The van der Waals surface area contributed by atoms with Gasteiger partial charge >= 0.3 is 0 Å². The molecule has 0 atom stereocenters. The first-order valence-electron chi connectivity index (χ1n) is 7.20. The summed E-state index contributed by atoms with van der Waals surface area (Å²) in [5, 5.41) is 6.73. The van der Waals surface area contributed by atoms with Gasteiger partial charge in [0.05, 0.1) is 0 Å². The highest BCUT2D eigenvalue weighted by molar-refractivity contribution is 5.48. The Hall–Kier alpha value is -1.32. The lowest BCUT2D eigenvalue weighted by molar-refractivity contribution is 0.546. The van der Waals surface area contributed by atoms with E-state index in [1.165, 1.54) is 0 Å². The monoisotopic (exact) mass is 264 g/mol. The van der Waals surface area contributed by atoms with Crippen molar-refractivity contribution in [1.29, 1.82) is 0 Å². The third kappa shape index (κ3) is 5.45. The Morgan fingerprint density at radius 2 is 1.68 bits per heavy atom. The van der Waals surface area contributed by atoms with Crippen molar-refractivity contribution >= 4 is 11.6 Å². The number of anilines is 2. The molecule has 1 aromatic rings. The third-order valence-electron chi connectivity index (χ3n) is 2.64. The zero-order valence-corrected chi connectivity index (χ0v) is 13.2. The first kappa shape index (κ1) is 15.7. The van der Waals surface area contributed by atoms with Gasteiger partial charge in [0.1, 0.15) is 17.5 Å². The van der Waals surface area contributed by atoms with Crippen LogP contribution in [-0.2, 0) is 5.41 Å². The maximum atomic E-state index is 4.62. The summed E-state index contributed by atoms with van der Waals surface area (Å²) in [6, 6.07) is 1.99. The number of hydrogen-bond donors (Lipinski definition) is 2. The van der Waals surface area contributed by atoms with Crippen LogP contribution in [0.25, 0.3) is 0 Å².